The Morgan fingerprint density at radius 3 is 2.47 bits per heavy atom. The van der Waals surface area contributed by atoms with Crippen LogP contribution in [0.1, 0.15) is 25.3 Å². The van der Waals surface area contributed by atoms with E-state index in [1.807, 2.05) is 32.0 Å². The normalized spacial score (nSPS) is 15.8. The molecule has 30 heavy (non-hydrogen) atoms. The maximum Gasteiger partial charge on any atom is 0.248 e. The Balaban J connectivity index is 1.55. The Hall–Kier alpha value is -2.72. The van der Waals surface area contributed by atoms with Crippen LogP contribution in [0.25, 0.3) is 10.9 Å². The number of sulfonamides is 1. The second-order valence-corrected chi connectivity index (χ2v) is 9.47. The number of piperazine rings is 1. The van der Waals surface area contributed by atoms with Crippen LogP contribution in [0.4, 0.5) is 5.69 Å². The first-order valence-electron chi connectivity index (χ1n) is 9.87. The second kappa shape index (κ2) is 7.84. The van der Waals surface area contributed by atoms with Crippen molar-refractivity contribution in [2.24, 2.45) is 0 Å². The maximum atomic E-state index is 13.0. The summed E-state index contributed by atoms with van der Waals surface area (Å²) in [7, 11) is -3.63. The van der Waals surface area contributed by atoms with Gasteiger partial charge in [0.25, 0.3) is 0 Å². The highest BCUT2D eigenvalue weighted by atomic mass is 32.2. The van der Waals surface area contributed by atoms with Crippen LogP contribution in [0.15, 0.2) is 33.9 Å². The highest BCUT2D eigenvalue weighted by Gasteiger charge is 2.33. The lowest BCUT2D eigenvalue weighted by Gasteiger charge is -2.35. The van der Waals surface area contributed by atoms with Crippen LogP contribution in [-0.2, 0) is 10.0 Å². The van der Waals surface area contributed by atoms with Crippen LogP contribution < -0.4 is 9.64 Å². The van der Waals surface area contributed by atoms with Crippen molar-refractivity contribution in [3.63, 3.8) is 0 Å². The minimum atomic E-state index is -3.63. The molecule has 0 radical (unpaired) electrons. The zero-order chi connectivity index (χ0) is 21.5. The number of benzene rings is 1. The third-order valence-electron chi connectivity index (χ3n) is 5.10. The van der Waals surface area contributed by atoms with Gasteiger partial charge in [-0.2, -0.15) is 4.31 Å². The van der Waals surface area contributed by atoms with Crippen molar-refractivity contribution >= 4 is 26.6 Å². The fourth-order valence-electron chi connectivity index (χ4n) is 3.69. The van der Waals surface area contributed by atoms with E-state index < -0.39 is 10.0 Å². The lowest BCUT2D eigenvalue weighted by Crippen LogP contribution is -2.48. The van der Waals surface area contributed by atoms with E-state index in [1.54, 1.807) is 13.8 Å². The van der Waals surface area contributed by atoms with E-state index in [9.17, 15) is 8.42 Å². The van der Waals surface area contributed by atoms with Crippen LogP contribution in [0.5, 0.6) is 5.88 Å². The summed E-state index contributed by atoms with van der Waals surface area (Å²) in [6.07, 6.45) is 1.50. The van der Waals surface area contributed by atoms with Gasteiger partial charge in [0.15, 0.2) is 5.76 Å². The van der Waals surface area contributed by atoms with Gasteiger partial charge in [-0.05, 0) is 45.9 Å². The van der Waals surface area contributed by atoms with Crippen molar-refractivity contribution in [1.82, 2.24) is 19.4 Å². The number of fused-ring (bicyclic) bond motifs is 1. The standard InChI is InChI=1S/C20H25N5O4S/c1-13(2)28-20-17-11-16(5-6-18(17)21-12-22-20)24-7-9-25(10-8-24)30(26,27)19-14(3)23-29-15(19)4/h5-6,11-13H,7-10H2,1-4H3. The van der Waals surface area contributed by atoms with Gasteiger partial charge in [0, 0.05) is 31.9 Å². The van der Waals surface area contributed by atoms with Crippen molar-refractivity contribution in [2.45, 2.75) is 38.7 Å². The molecule has 0 atom stereocenters. The maximum absolute atomic E-state index is 13.0. The van der Waals surface area contributed by atoms with Gasteiger partial charge in [-0.25, -0.2) is 18.4 Å². The molecule has 0 spiro atoms. The van der Waals surface area contributed by atoms with Crippen LogP contribution in [-0.4, -0.2) is 60.1 Å². The molecule has 9 nitrogen and oxygen atoms in total. The second-order valence-electron chi connectivity index (χ2n) is 7.59. The Morgan fingerprint density at radius 2 is 1.83 bits per heavy atom. The zero-order valence-electron chi connectivity index (χ0n) is 17.5. The van der Waals surface area contributed by atoms with Gasteiger partial charge in [0.2, 0.25) is 15.9 Å². The van der Waals surface area contributed by atoms with E-state index in [1.165, 1.54) is 10.6 Å². The zero-order valence-corrected chi connectivity index (χ0v) is 18.3. The predicted octanol–water partition coefficient (Wildman–Crippen LogP) is 2.53. The van der Waals surface area contributed by atoms with Crippen molar-refractivity contribution in [3.8, 4) is 5.88 Å². The first-order chi connectivity index (χ1) is 14.3. The molecule has 1 fully saturated rings. The molecule has 1 aromatic carbocycles. The van der Waals surface area contributed by atoms with E-state index in [-0.39, 0.29) is 11.0 Å². The van der Waals surface area contributed by atoms with Gasteiger partial charge in [-0.3, -0.25) is 0 Å². The summed E-state index contributed by atoms with van der Waals surface area (Å²) in [5.41, 5.74) is 2.19. The molecule has 0 amide bonds. The quantitative estimate of drug-likeness (QED) is 0.607. The number of hydrogen-bond acceptors (Lipinski definition) is 8. The minimum Gasteiger partial charge on any atom is -0.474 e. The van der Waals surface area contributed by atoms with Gasteiger partial charge < -0.3 is 14.2 Å². The molecule has 4 rings (SSSR count). The molecule has 2 aromatic heterocycles. The predicted molar refractivity (Wildman–Crippen MR) is 112 cm³/mol. The highest BCUT2D eigenvalue weighted by molar-refractivity contribution is 7.89. The van der Waals surface area contributed by atoms with Gasteiger partial charge in [-0.1, -0.05) is 5.16 Å². The molecule has 1 saturated heterocycles. The topological polar surface area (TPSA) is 102 Å². The number of nitrogens with zero attached hydrogens (tertiary/aromatic N) is 5. The number of rotatable bonds is 5. The van der Waals surface area contributed by atoms with Crippen LogP contribution in [0.2, 0.25) is 0 Å². The summed E-state index contributed by atoms with van der Waals surface area (Å²) in [5.74, 6) is 0.874. The van der Waals surface area contributed by atoms with E-state index in [0.717, 1.165) is 16.6 Å². The molecular weight excluding hydrogens is 406 g/mol. The summed E-state index contributed by atoms with van der Waals surface area (Å²) >= 11 is 0. The fourth-order valence-corrected chi connectivity index (χ4v) is 5.41. The van der Waals surface area contributed by atoms with Gasteiger partial charge in [0.1, 0.15) is 16.9 Å². The average Bonchev–Trinajstić information content (AvgIpc) is 3.06. The minimum absolute atomic E-state index is 0.00447. The molecule has 0 bridgehead atoms. The summed E-state index contributed by atoms with van der Waals surface area (Å²) in [6, 6.07) is 5.94. The molecule has 10 heteroatoms. The molecule has 1 aliphatic rings. The van der Waals surface area contributed by atoms with E-state index in [0.29, 0.717) is 43.5 Å². The molecule has 160 valence electrons. The largest absolute Gasteiger partial charge is 0.474 e. The first kappa shape index (κ1) is 20.5. The van der Waals surface area contributed by atoms with E-state index in [2.05, 4.69) is 20.0 Å². The summed E-state index contributed by atoms with van der Waals surface area (Å²) in [5, 5.41) is 4.62. The van der Waals surface area contributed by atoms with Crippen LogP contribution >= 0.6 is 0 Å². The Morgan fingerprint density at radius 1 is 1.10 bits per heavy atom. The summed E-state index contributed by atoms with van der Waals surface area (Å²) in [6.45, 7) is 9.08. The molecule has 0 aliphatic carbocycles. The van der Waals surface area contributed by atoms with Crippen molar-refractivity contribution in [2.75, 3.05) is 31.1 Å². The van der Waals surface area contributed by atoms with Gasteiger partial charge >= 0.3 is 0 Å². The molecule has 0 N–H and O–H groups in total. The number of ether oxygens (including phenoxy) is 1. The Bertz CT molecular complexity index is 1150. The summed E-state index contributed by atoms with van der Waals surface area (Å²) < 4.78 is 38.4. The summed E-state index contributed by atoms with van der Waals surface area (Å²) in [4.78, 5) is 10.9. The number of aryl methyl sites for hydroxylation is 2. The fraction of sp³-hybridized carbons (Fsp3) is 0.450. The van der Waals surface area contributed by atoms with Crippen molar-refractivity contribution in [3.05, 3.63) is 36.0 Å². The molecule has 0 saturated carbocycles. The van der Waals surface area contributed by atoms with E-state index in [4.69, 9.17) is 9.26 Å². The van der Waals surface area contributed by atoms with Gasteiger partial charge in [0.05, 0.1) is 17.0 Å². The Labute approximate surface area is 175 Å². The lowest BCUT2D eigenvalue weighted by molar-refractivity contribution is 0.235. The van der Waals surface area contributed by atoms with Crippen molar-refractivity contribution < 1.29 is 17.7 Å². The first-order valence-corrected chi connectivity index (χ1v) is 11.3. The number of aromatic nitrogens is 3. The average molecular weight is 432 g/mol. The molecule has 3 heterocycles. The number of hydrogen-bond donors (Lipinski definition) is 0. The smallest absolute Gasteiger partial charge is 0.248 e. The molecule has 0 unspecified atom stereocenters. The van der Waals surface area contributed by atoms with Crippen LogP contribution in [0.3, 0.4) is 0 Å². The highest BCUT2D eigenvalue weighted by Crippen LogP contribution is 2.29. The molecular formula is C20H25N5O4S. The SMILES string of the molecule is Cc1noc(C)c1S(=O)(=O)N1CCN(c2ccc3ncnc(OC(C)C)c3c2)CC1. The van der Waals surface area contributed by atoms with Crippen LogP contribution in [0, 0.1) is 13.8 Å². The third kappa shape index (κ3) is 3.72. The third-order valence-corrected chi connectivity index (χ3v) is 7.24. The molecule has 3 aromatic rings. The number of anilines is 1. The monoisotopic (exact) mass is 431 g/mol. The lowest BCUT2D eigenvalue weighted by atomic mass is 10.2. The van der Waals surface area contributed by atoms with Crippen molar-refractivity contribution in [1.29, 1.82) is 0 Å². The van der Waals surface area contributed by atoms with E-state index >= 15 is 0 Å². The Kier molecular flexibility index (Phi) is 5.37. The molecule has 1 aliphatic heterocycles. The van der Waals surface area contributed by atoms with Gasteiger partial charge in [-0.15, -0.1) is 0 Å².